The summed E-state index contributed by atoms with van der Waals surface area (Å²) in [6.45, 7) is 5.69. The molecule has 2 N–H and O–H groups in total. The van der Waals surface area contributed by atoms with E-state index in [1.54, 1.807) is 11.8 Å². The number of hydrogen-bond donors (Lipinski definition) is 2. The minimum absolute atomic E-state index is 0.0107. The van der Waals surface area contributed by atoms with Crippen molar-refractivity contribution in [3.05, 3.63) is 72.8 Å². The number of anilines is 1. The summed E-state index contributed by atoms with van der Waals surface area (Å²) in [6, 6.07) is 17.2. The Balaban J connectivity index is 1.44. The molecule has 1 heterocycles. The Bertz CT molecular complexity index is 833. The Morgan fingerprint density at radius 2 is 1.76 bits per heavy atom. The fourth-order valence-corrected chi connectivity index (χ4v) is 4.08. The van der Waals surface area contributed by atoms with Crippen LogP contribution in [0.15, 0.2) is 72.1 Å². The van der Waals surface area contributed by atoms with Gasteiger partial charge in [-0.15, -0.1) is 18.3 Å². The maximum absolute atomic E-state index is 12.5. The quantitative estimate of drug-likeness (QED) is 0.514. The lowest BCUT2D eigenvalue weighted by Crippen LogP contribution is -2.46. The molecule has 5 nitrogen and oxygen atoms in total. The summed E-state index contributed by atoms with van der Waals surface area (Å²) in [5, 5.41) is 6.13. The number of hydrogen-bond acceptors (Lipinski definition) is 4. The highest BCUT2D eigenvalue weighted by Gasteiger charge is 2.22. The maximum atomic E-state index is 12.5. The lowest BCUT2D eigenvalue weighted by Gasteiger charge is -2.31. The van der Waals surface area contributed by atoms with Crippen molar-refractivity contribution in [1.82, 2.24) is 10.2 Å². The fraction of sp³-hybridized carbons (Fsp3) is 0.304. The van der Waals surface area contributed by atoms with Crippen LogP contribution in [-0.2, 0) is 4.79 Å². The number of nitrogens with one attached hydrogen (secondary N) is 2. The number of amides is 2. The Morgan fingerprint density at radius 1 is 1.07 bits per heavy atom. The molecule has 0 aromatic heterocycles. The molecule has 3 rings (SSSR count). The van der Waals surface area contributed by atoms with Crippen molar-refractivity contribution in [2.75, 3.05) is 30.7 Å². The van der Waals surface area contributed by atoms with Crippen LogP contribution in [0, 0.1) is 0 Å². The van der Waals surface area contributed by atoms with Crippen molar-refractivity contribution < 1.29 is 9.59 Å². The van der Waals surface area contributed by atoms with E-state index < -0.39 is 0 Å². The van der Waals surface area contributed by atoms with E-state index in [9.17, 15) is 9.59 Å². The van der Waals surface area contributed by atoms with E-state index in [0.29, 0.717) is 12.1 Å². The van der Waals surface area contributed by atoms with E-state index in [-0.39, 0.29) is 17.9 Å². The minimum atomic E-state index is -0.0320. The fourth-order valence-electron chi connectivity index (χ4n) is 3.33. The molecule has 29 heavy (non-hydrogen) atoms. The molecule has 1 aliphatic rings. The molecule has 1 saturated heterocycles. The van der Waals surface area contributed by atoms with Crippen molar-refractivity contribution in [3.63, 3.8) is 0 Å². The largest absolute Gasteiger partial charge is 0.349 e. The highest BCUT2D eigenvalue weighted by molar-refractivity contribution is 7.99. The molecule has 0 radical (unpaired) electrons. The summed E-state index contributed by atoms with van der Waals surface area (Å²) in [6.07, 6.45) is 3.54. The number of thioether (sulfide) groups is 1. The second-order valence-electron chi connectivity index (χ2n) is 7.03. The van der Waals surface area contributed by atoms with Gasteiger partial charge in [-0.05, 0) is 37.1 Å². The molecule has 2 aromatic carbocycles. The van der Waals surface area contributed by atoms with Gasteiger partial charge in [-0.3, -0.25) is 14.5 Å². The Morgan fingerprint density at radius 3 is 2.48 bits per heavy atom. The number of carbonyl (C=O) groups excluding carboxylic acids is 2. The first-order valence-corrected chi connectivity index (χ1v) is 10.8. The molecule has 2 amide bonds. The number of carbonyl (C=O) groups is 2. The van der Waals surface area contributed by atoms with E-state index in [1.807, 2.05) is 60.7 Å². The van der Waals surface area contributed by atoms with Crippen LogP contribution < -0.4 is 10.6 Å². The Kier molecular flexibility index (Phi) is 7.90. The predicted molar refractivity (Wildman–Crippen MR) is 119 cm³/mol. The summed E-state index contributed by atoms with van der Waals surface area (Å²) in [7, 11) is 0. The van der Waals surface area contributed by atoms with Gasteiger partial charge >= 0.3 is 0 Å². The van der Waals surface area contributed by atoms with Gasteiger partial charge in [-0.25, -0.2) is 0 Å². The first-order chi connectivity index (χ1) is 14.2. The average Bonchev–Trinajstić information content (AvgIpc) is 2.75. The van der Waals surface area contributed by atoms with E-state index in [2.05, 4.69) is 22.1 Å². The summed E-state index contributed by atoms with van der Waals surface area (Å²) in [5.74, 6) is 0.758. The van der Waals surface area contributed by atoms with Gasteiger partial charge in [0.1, 0.15) is 0 Å². The molecule has 1 fully saturated rings. The normalized spacial score (nSPS) is 14.9. The second-order valence-corrected chi connectivity index (χ2v) is 8.10. The van der Waals surface area contributed by atoms with Gasteiger partial charge in [0.25, 0.3) is 5.91 Å². The summed E-state index contributed by atoms with van der Waals surface area (Å²) in [5.41, 5.74) is 1.52. The second kappa shape index (κ2) is 10.8. The Hall–Kier alpha value is -2.57. The number of likely N-dealkylation sites (tertiary alicyclic amines) is 1. The molecule has 152 valence electrons. The van der Waals surface area contributed by atoms with Crippen molar-refractivity contribution in [1.29, 1.82) is 0 Å². The van der Waals surface area contributed by atoms with Crippen molar-refractivity contribution in [2.45, 2.75) is 23.8 Å². The number of rotatable bonds is 8. The molecule has 0 aliphatic carbocycles. The zero-order valence-electron chi connectivity index (χ0n) is 16.5. The highest BCUT2D eigenvalue weighted by atomic mass is 32.2. The maximum Gasteiger partial charge on any atom is 0.251 e. The van der Waals surface area contributed by atoms with E-state index in [0.717, 1.165) is 42.3 Å². The molecule has 0 spiro atoms. The molecule has 0 saturated carbocycles. The summed E-state index contributed by atoms with van der Waals surface area (Å²) in [4.78, 5) is 28.0. The molecular weight excluding hydrogens is 382 g/mol. The lowest BCUT2D eigenvalue weighted by molar-refractivity contribution is -0.117. The average molecular weight is 410 g/mol. The van der Waals surface area contributed by atoms with Crippen LogP contribution in [0.3, 0.4) is 0 Å². The lowest BCUT2D eigenvalue weighted by atomic mass is 10.0. The van der Waals surface area contributed by atoms with Gasteiger partial charge in [-0.1, -0.05) is 36.4 Å². The van der Waals surface area contributed by atoms with Gasteiger partial charge in [0.2, 0.25) is 5.91 Å². The highest BCUT2D eigenvalue weighted by Crippen LogP contribution is 2.27. The number of para-hydroxylation sites is 1. The number of nitrogens with zero attached hydrogens (tertiary/aromatic N) is 1. The van der Waals surface area contributed by atoms with Crippen molar-refractivity contribution in [3.8, 4) is 0 Å². The Labute approximate surface area is 176 Å². The van der Waals surface area contributed by atoms with Crippen LogP contribution in [0.5, 0.6) is 0 Å². The third kappa shape index (κ3) is 6.48. The van der Waals surface area contributed by atoms with Crippen LogP contribution in [0.1, 0.15) is 23.2 Å². The predicted octanol–water partition coefficient (Wildman–Crippen LogP) is 3.80. The van der Waals surface area contributed by atoms with Crippen LogP contribution in [-0.4, -0.2) is 48.1 Å². The molecule has 2 aromatic rings. The van der Waals surface area contributed by atoms with Gasteiger partial charge in [0.05, 0.1) is 12.2 Å². The molecule has 6 heteroatoms. The smallest absolute Gasteiger partial charge is 0.251 e. The van der Waals surface area contributed by atoms with Crippen molar-refractivity contribution >= 4 is 29.3 Å². The molecule has 1 aliphatic heterocycles. The van der Waals surface area contributed by atoms with Gasteiger partial charge < -0.3 is 10.6 Å². The topological polar surface area (TPSA) is 61.4 Å². The molecule has 0 bridgehead atoms. The number of piperidine rings is 1. The standard InChI is InChI=1S/C23H27N3O2S/c1-2-16-29-21-11-7-6-10-20(21)25-22(27)17-26-14-12-19(13-15-26)24-23(28)18-8-4-3-5-9-18/h2-11,19H,1,12-17H2,(H,24,28)(H,25,27). The minimum Gasteiger partial charge on any atom is -0.349 e. The summed E-state index contributed by atoms with van der Waals surface area (Å²) >= 11 is 1.65. The van der Waals surface area contributed by atoms with Crippen LogP contribution >= 0.6 is 11.8 Å². The van der Waals surface area contributed by atoms with Crippen LogP contribution in [0.25, 0.3) is 0 Å². The third-order valence-electron chi connectivity index (χ3n) is 4.84. The van der Waals surface area contributed by atoms with E-state index in [4.69, 9.17) is 0 Å². The monoisotopic (exact) mass is 409 g/mol. The van der Waals surface area contributed by atoms with Gasteiger partial charge in [-0.2, -0.15) is 0 Å². The molecular formula is C23H27N3O2S. The van der Waals surface area contributed by atoms with Crippen LogP contribution in [0.2, 0.25) is 0 Å². The third-order valence-corrected chi connectivity index (χ3v) is 5.91. The first-order valence-electron chi connectivity index (χ1n) is 9.86. The number of benzene rings is 2. The van der Waals surface area contributed by atoms with Gasteiger partial charge in [0, 0.05) is 35.3 Å². The molecule has 0 unspecified atom stereocenters. The SMILES string of the molecule is C=CCSc1ccccc1NC(=O)CN1CCC(NC(=O)c2ccccc2)CC1. The first kappa shape index (κ1) is 21.1. The van der Waals surface area contributed by atoms with Crippen molar-refractivity contribution in [2.24, 2.45) is 0 Å². The summed E-state index contributed by atoms with van der Waals surface area (Å²) < 4.78 is 0. The van der Waals surface area contributed by atoms with Gasteiger partial charge in [0.15, 0.2) is 0 Å². The zero-order valence-corrected chi connectivity index (χ0v) is 17.3. The van der Waals surface area contributed by atoms with E-state index >= 15 is 0 Å². The van der Waals surface area contributed by atoms with Crippen LogP contribution in [0.4, 0.5) is 5.69 Å². The zero-order chi connectivity index (χ0) is 20.5. The van der Waals surface area contributed by atoms with E-state index in [1.165, 1.54) is 0 Å². The molecule has 0 atom stereocenters.